The molecule has 1 saturated carbocycles. The highest BCUT2D eigenvalue weighted by atomic mass is 16.5. The molecule has 35 heavy (non-hydrogen) atoms. The predicted molar refractivity (Wildman–Crippen MR) is 131 cm³/mol. The summed E-state index contributed by atoms with van der Waals surface area (Å²) in [5, 5.41) is 15.6. The molecule has 3 aromatic rings. The zero-order chi connectivity index (χ0) is 24.6. The summed E-state index contributed by atoms with van der Waals surface area (Å²) in [4.78, 5) is 28.9. The molecule has 0 saturated heterocycles. The van der Waals surface area contributed by atoms with E-state index in [1.807, 2.05) is 55.5 Å². The zero-order valence-corrected chi connectivity index (χ0v) is 20.3. The molecule has 1 heterocycles. The molecule has 0 aliphatic heterocycles. The number of nitrogens with zero attached hydrogens (tertiary/aromatic N) is 5. The van der Waals surface area contributed by atoms with Gasteiger partial charge in [-0.25, -0.2) is 0 Å². The van der Waals surface area contributed by atoms with E-state index >= 15 is 0 Å². The number of rotatable bonds is 9. The molecule has 2 aromatic carbocycles. The Morgan fingerprint density at radius 3 is 2.46 bits per heavy atom. The first-order chi connectivity index (χ1) is 17.0. The molecular formula is C26H32N6O3. The first-order valence-electron chi connectivity index (χ1n) is 12.0. The minimum Gasteiger partial charge on any atom is -0.497 e. The molecule has 1 aromatic heterocycles. The van der Waals surface area contributed by atoms with Gasteiger partial charge in [-0.15, -0.1) is 10.2 Å². The Balaban J connectivity index is 1.45. The van der Waals surface area contributed by atoms with E-state index < -0.39 is 0 Å². The Kier molecular flexibility index (Phi) is 8.07. The first kappa shape index (κ1) is 24.4. The molecule has 0 bridgehead atoms. The lowest BCUT2D eigenvalue weighted by molar-refractivity contribution is -0.137. The largest absolute Gasteiger partial charge is 0.497 e. The monoisotopic (exact) mass is 476 g/mol. The van der Waals surface area contributed by atoms with E-state index in [4.69, 9.17) is 4.74 Å². The highest BCUT2D eigenvalue weighted by molar-refractivity contribution is 5.84. The number of ether oxygens (including phenoxy) is 1. The standard InChI is InChI=1S/C26H32N6O3/c1-19-8-12-21(13-9-19)26-28-30-32(29-26)18-25(34)31(16-20-10-14-23(35-2)15-11-20)17-24(33)27-22-6-4-3-5-7-22/h8-15,22H,3-7,16-18H2,1-2H3,(H,27,33). The normalized spacial score (nSPS) is 13.9. The van der Waals surface area contributed by atoms with Crippen molar-refractivity contribution in [2.24, 2.45) is 0 Å². The number of carbonyl (C=O) groups is 2. The summed E-state index contributed by atoms with van der Waals surface area (Å²) in [7, 11) is 1.61. The molecule has 0 radical (unpaired) electrons. The van der Waals surface area contributed by atoms with Crippen molar-refractivity contribution >= 4 is 11.8 Å². The van der Waals surface area contributed by atoms with Gasteiger partial charge in [-0.2, -0.15) is 4.80 Å². The van der Waals surface area contributed by atoms with Crippen LogP contribution < -0.4 is 10.1 Å². The van der Waals surface area contributed by atoms with Gasteiger partial charge < -0.3 is 15.0 Å². The van der Waals surface area contributed by atoms with Gasteiger partial charge in [-0.3, -0.25) is 9.59 Å². The van der Waals surface area contributed by atoms with E-state index in [1.54, 1.807) is 7.11 Å². The van der Waals surface area contributed by atoms with Crippen molar-refractivity contribution in [3.05, 3.63) is 59.7 Å². The third-order valence-corrected chi connectivity index (χ3v) is 6.23. The van der Waals surface area contributed by atoms with Crippen LogP contribution in [0.15, 0.2) is 48.5 Å². The summed E-state index contributed by atoms with van der Waals surface area (Å²) in [5.41, 5.74) is 2.87. The van der Waals surface area contributed by atoms with Gasteiger partial charge in [0.1, 0.15) is 12.3 Å². The van der Waals surface area contributed by atoms with Crippen LogP contribution in [0, 0.1) is 6.92 Å². The molecule has 9 heteroatoms. The average Bonchev–Trinajstić information content (AvgIpc) is 3.33. The third-order valence-electron chi connectivity index (χ3n) is 6.23. The highest BCUT2D eigenvalue weighted by Gasteiger charge is 2.22. The van der Waals surface area contributed by atoms with Crippen LogP contribution in [0.1, 0.15) is 43.2 Å². The third kappa shape index (κ3) is 6.88. The van der Waals surface area contributed by atoms with Crippen LogP contribution in [0.5, 0.6) is 5.75 Å². The van der Waals surface area contributed by atoms with Crippen molar-refractivity contribution in [2.75, 3.05) is 13.7 Å². The number of aryl methyl sites for hydroxylation is 1. The minimum absolute atomic E-state index is 0.0269. The lowest BCUT2D eigenvalue weighted by atomic mass is 9.95. The van der Waals surface area contributed by atoms with Gasteiger partial charge in [0.25, 0.3) is 0 Å². The molecule has 184 valence electrons. The number of amides is 2. The molecule has 1 aliphatic carbocycles. The number of methoxy groups -OCH3 is 1. The molecule has 0 unspecified atom stereocenters. The van der Waals surface area contributed by atoms with Crippen molar-refractivity contribution in [1.29, 1.82) is 0 Å². The summed E-state index contributed by atoms with van der Waals surface area (Å²) in [6, 6.07) is 15.4. The van der Waals surface area contributed by atoms with Gasteiger partial charge in [0.15, 0.2) is 0 Å². The van der Waals surface area contributed by atoms with Gasteiger partial charge in [0.05, 0.1) is 13.7 Å². The fourth-order valence-corrected chi connectivity index (χ4v) is 4.23. The number of carbonyl (C=O) groups excluding carboxylic acids is 2. The van der Waals surface area contributed by atoms with E-state index in [0.717, 1.165) is 48.1 Å². The molecule has 4 rings (SSSR count). The zero-order valence-electron chi connectivity index (χ0n) is 20.3. The quantitative estimate of drug-likeness (QED) is 0.509. The van der Waals surface area contributed by atoms with E-state index in [2.05, 4.69) is 20.7 Å². The van der Waals surface area contributed by atoms with Crippen LogP contribution in [-0.2, 0) is 22.7 Å². The summed E-state index contributed by atoms with van der Waals surface area (Å²) in [6.07, 6.45) is 5.44. The van der Waals surface area contributed by atoms with Crippen LogP contribution in [0.2, 0.25) is 0 Å². The van der Waals surface area contributed by atoms with Crippen LogP contribution in [-0.4, -0.2) is 56.6 Å². The van der Waals surface area contributed by atoms with E-state index in [-0.39, 0.29) is 30.9 Å². The van der Waals surface area contributed by atoms with Crippen molar-refractivity contribution in [1.82, 2.24) is 30.4 Å². The second kappa shape index (κ2) is 11.6. The van der Waals surface area contributed by atoms with E-state index in [0.29, 0.717) is 12.4 Å². The van der Waals surface area contributed by atoms with Gasteiger partial charge in [0, 0.05) is 18.2 Å². The van der Waals surface area contributed by atoms with Crippen LogP contribution in [0.25, 0.3) is 11.4 Å². The molecule has 1 N–H and O–H groups in total. The van der Waals surface area contributed by atoms with Crippen molar-refractivity contribution in [3.63, 3.8) is 0 Å². The summed E-state index contributed by atoms with van der Waals surface area (Å²) in [5.74, 6) is 0.782. The highest BCUT2D eigenvalue weighted by Crippen LogP contribution is 2.18. The number of aromatic nitrogens is 4. The second-order valence-corrected chi connectivity index (χ2v) is 9.01. The number of hydrogen-bond acceptors (Lipinski definition) is 6. The maximum atomic E-state index is 13.3. The van der Waals surface area contributed by atoms with Gasteiger partial charge in [0.2, 0.25) is 17.6 Å². The Morgan fingerprint density at radius 2 is 1.77 bits per heavy atom. The smallest absolute Gasteiger partial charge is 0.247 e. The SMILES string of the molecule is COc1ccc(CN(CC(=O)NC2CCCCC2)C(=O)Cn2nnc(-c3ccc(C)cc3)n2)cc1. The molecule has 0 atom stereocenters. The van der Waals surface area contributed by atoms with Crippen LogP contribution >= 0.6 is 0 Å². The molecule has 1 aliphatic rings. The van der Waals surface area contributed by atoms with Crippen LogP contribution in [0.4, 0.5) is 0 Å². The lowest BCUT2D eigenvalue weighted by Crippen LogP contribution is -2.45. The van der Waals surface area contributed by atoms with Gasteiger partial charge >= 0.3 is 0 Å². The topological polar surface area (TPSA) is 102 Å². The van der Waals surface area contributed by atoms with Crippen molar-refractivity contribution in [3.8, 4) is 17.1 Å². The van der Waals surface area contributed by atoms with Gasteiger partial charge in [-0.1, -0.05) is 61.2 Å². The van der Waals surface area contributed by atoms with Crippen molar-refractivity contribution in [2.45, 2.75) is 58.2 Å². The molecule has 0 spiro atoms. The molecule has 1 fully saturated rings. The molecule has 9 nitrogen and oxygen atoms in total. The average molecular weight is 477 g/mol. The number of nitrogens with one attached hydrogen (secondary N) is 1. The fraction of sp³-hybridized carbons (Fsp3) is 0.423. The number of hydrogen-bond donors (Lipinski definition) is 1. The van der Waals surface area contributed by atoms with Crippen LogP contribution in [0.3, 0.4) is 0 Å². The fourth-order valence-electron chi connectivity index (χ4n) is 4.23. The summed E-state index contributed by atoms with van der Waals surface area (Å²) < 4.78 is 5.22. The Bertz CT molecular complexity index is 1120. The first-order valence-corrected chi connectivity index (χ1v) is 12.0. The Labute approximate surface area is 205 Å². The van der Waals surface area contributed by atoms with E-state index in [1.165, 1.54) is 16.1 Å². The second-order valence-electron chi connectivity index (χ2n) is 9.01. The Morgan fingerprint density at radius 1 is 1.06 bits per heavy atom. The summed E-state index contributed by atoms with van der Waals surface area (Å²) in [6.45, 7) is 2.17. The lowest BCUT2D eigenvalue weighted by Gasteiger charge is -2.26. The number of benzene rings is 2. The maximum absolute atomic E-state index is 13.3. The number of tetrazole rings is 1. The predicted octanol–water partition coefficient (Wildman–Crippen LogP) is 3.13. The van der Waals surface area contributed by atoms with E-state index in [9.17, 15) is 9.59 Å². The minimum atomic E-state index is -0.257. The molecular weight excluding hydrogens is 444 g/mol. The molecule has 2 amide bonds. The van der Waals surface area contributed by atoms with Crippen molar-refractivity contribution < 1.29 is 14.3 Å². The Hall–Kier alpha value is -3.75. The van der Waals surface area contributed by atoms with Gasteiger partial charge in [-0.05, 0) is 42.7 Å². The maximum Gasteiger partial charge on any atom is 0.247 e. The summed E-state index contributed by atoms with van der Waals surface area (Å²) >= 11 is 0.